The van der Waals surface area contributed by atoms with Crippen LogP contribution in [-0.4, -0.2) is 50.0 Å². The first-order chi connectivity index (χ1) is 9.16. The summed E-state index contributed by atoms with van der Waals surface area (Å²) in [6.07, 6.45) is 0.527. The van der Waals surface area contributed by atoms with Crippen LogP contribution >= 0.6 is 0 Å². The molecule has 1 unspecified atom stereocenters. The molecule has 0 radical (unpaired) electrons. The lowest BCUT2D eigenvalue weighted by atomic mass is 10.0. The van der Waals surface area contributed by atoms with Crippen LogP contribution in [0.5, 0.6) is 0 Å². The van der Waals surface area contributed by atoms with E-state index in [0.29, 0.717) is 6.42 Å². The van der Waals surface area contributed by atoms with Crippen LogP contribution in [-0.2, 0) is 10.0 Å². The van der Waals surface area contributed by atoms with Gasteiger partial charge in [-0.25, -0.2) is 12.7 Å². The number of nitrogens with one attached hydrogen (secondary N) is 1. The van der Waals surface area contributed by atoms with Gasteiger partial charge in [-0.2, -0.15) is 0 Å². The number of aliphatic hydroxyl groups is 1. The highest BCUT2D eigenvalue weighted by Crippen LogP contribution is 2.18. The van der Waals surface area contributed by atoms with Crippen molar-refractivity contribution in [1.82, 2.24) is 9.62 Å². The number of amides is 1. The minimum Gasteiger partial charge on any atom is -0.438 e. The van der Waals surface area contributed by atoms with Crippen LogP contribution in [0.15, 0.2) is 21.6 Å². The highest BCUT2D eigenvalue weighted by molar-refractivity contribution is 7.88. The van der Waals surface area contributed by atoms with Gasteiger partial charge >= 0.3 is 0 Å². The monoisotopic (exact) mass is 304 g/mol. The topological polar surface area (TPSA) is 99.8 Å². The van der Waals surface area contributed by atoms with Crippen molar-refractivity contribution >= 4 is 15.9 Å². The van der Waals surface area contributed by atoms with Crippen molar-refractivity contribution < 1.29 is 22.7 Å². The fourth-order valence-electron chi connectivity index (χ4n) is 1.34. The number of hydrogen-bond donors (Lipinski definition) is 2. The molecule has 0 saturated heterocycles. The quantitative estimate of drug-likeness (QED) is 0.793. The third kappa shape index (κ3) is 3.38. The maximum absolute atomic E-state index is 12.0. The van der Waals surface area contributed by atoms with Crippen molar-refractivity contribution in [3.8, 4) is 0 Å². The first-order valence-electron chi connectivity index (χ1n) is 6.12. The van der Waals surface area contributed by atoms with Gasteiger partial charge in [0.05, 0.1) is 12.1 Å². The zero-order valence-electron chi connectivity index (χ0n) is 12.0. The van der Waals surface area contributed by atoms with E-state index in [-0.39, 0.29) is 17.5 Å². The maximum Gasteiger partial charge on any atom is 0.287 e. The maximum atomic E-state index is 12.0. The predicted octanol–water partition coefficient (Wildman–Crippen LogP) is 0.421. The van der Waals surface area contributed by atoms with Gasteiger partial charge in [0.15, 0.2) is 5.76 Å². The molecular formula is C12H20N2O5S. The van der Waals surface area contributed by atoms with Crippen molar-refractivity contribution in [2.45, 2.75) is 30.9 Å². The molecule has 1 aromatic heterocycles. The third-order valence-electron chi connectivity index (χ3n) is 3.08. The number of hydrogen-bond acceptors (Lipinski definition) is 5. The van der Waals surface area contributed by atoms with E-state index < -0.39 is 21.5 Å². The van der Waals surface area contributed by atoms with E-state index in [1.165, 1.54) is 26.2 Å². The summed E-state index contributed by atoms with van der Waals surface area (Å²) in [5.74, 6) is -0.679. The average molecular weight is 304 g/mol. The van der Waals surface area contributed by atoms with Crippen molar-refractivity contribution in [1.29, 1.82) is 0 Å². The number of carbonyl (C=O) groups excluding carboxylic acids is 1. The summed E-state index contributed by atoms with van der Waals surface area (Å²) < 4.78 is 29.7. The molecule has 0 saturated carbocycles. The normalized spacial score (nSPS) is 15.1. The van der Waals surface area contributed by atoms with Crippen LogP contribution in [0.2, 0.25) is 0 Å². The SMILES string of the molecule is CCC(C)(CO)NC(=O)c1ccc(S(=O)(=O)N(C)C)o1. The Bertz CT molecular complexity index is 572. The molecule has 8 heteroatoms. The van der Waals surface area contributed by atoms with Crippen LogP contribution in [0.25, 0.3) is 0 Å². The number of aliphatic hydroxyl groups excluding tert-OH is 1. The van der Waals surface area contributed by atoms with E-state index in [2.05, 4.69) is 5.32 Å². The van der Waals surface area contributed by atoms with Gasteiger partial charge in [-0.3, -0.25) is 4.79 Å². The van der Waals surface area contributed by atoms with Crippen molar-refractivity contribution in [2.75, 3.05) is 20.7 Å². The van der Waals surface area contributed by atoms with Crippen LogP contribution in [0.1, 0.15) is 30.8 Å². The van der Waals surface area contributed by atoms with Gasteiger partial charge in [-0.05, 0) is 25.5 Å². The second-order valence-electron chi connectivity index (χ2n) is 4.93. The van der Waals surface area contributed by atoms with E-state index in [1.807, 2.05) is 6.92 Å². The van der Waals surface area contributed by atoms with Crippen LogP contribution < -0.4 is 5.32 Å². The fourth-order valence-corrected chi connectivity index (χ4v) is 2.13. The summed E-state index contributed by atoms with van der Waals surface area (Å²) >= 11 is 0. The molecule has 20 heavy (non-hydrogen) atoms. The molecule has 0 aromatic carbocycles. The number of nitrogens with zero attached hydrogens (tertiary/aromatic N) is 1. The Morgan fingerprint density at radius 3 is 2.50 bits per heavy atom. The Hall–Kier alpha value is -1.38. The first kappa shape index (κ1) is 16.7. The predicted molar refractivity (Wildman–Crippen MR) is 72.8 cm³/mol. The lowest BCUT2D eigenvalue weighted by molar-refractivity contribution is 0.0814. The second-order valence-corrected chi connectivity index (χ2v) is 7.02. The molecule has 0 bridgehead atoms. The number of furan rings is 1. The summed E-state index contributed by atoms with van der Waals surface area (Å²) in [6.45, 7) is 3.28. The zero-order valence-corrected chi connectivity index (χ0v) is 12.8. The van der Waals surface area contributed by atoms with E-state index in [4.69, 9.17) is 4.42 Å². The summed E-state index contributed by atoms with van der Waals surface area (Å²) in [4.78, 5) is 12.0. The molecule has 1 atom stereocenters. The number of rotatable bonds is 6. The Morgan fingerprint density at radius 2 is 2.05 bits per heavy atom. The first-order valence-corrected chi connectivity index (χ1v) is 7.56. The van der Waals surface area contributed by atoms with Gasteiger partial charge in [0, 0.05) is 14.1 Å². The second kappa shape index (κ2) is 5.94. The summed E-state index contributed by atoms with van der Waals surface area (Å²) in [5.41, 5.74) is -0.773. The summed E-state index contributed by atoms with van der Waals surface area (Å²) in [7, 11) is -0.962. The molecule has 114 valence electrons. The lowest BCUT2D eigenvalue weighted by Crippen LogP contribution is -2.48. The molecule has 1 aromatic rings. The third-order valence-corrected chi connectivity index (χ3v) is 4.77. The van der Waals surface area contributed by atoms with Crippen molar-refractivity contribution in [2.24, 2.45) is 0 Å². The number of sulfonamides is 1. The fraction of sp³-hybridized carbons (Fsp3) is 0.583. The standard InChI is InChI=1S/C12H20N2O5S/c1-5-12(2,8-15)13-11(16)9-6-7-10(19-9)20(17,18)14(3)4/h6-7,15H,5,8H2,1-4H3,(H,13,16). The van der Waals surface area contributed by atoms with Crippen molar-refractivity contribution in [3.63, 3.8) is 0 Å². The molecular weight excluding hydrogens is 284 g/mol. The zero-order chi connectivity index (χ0) is 15.6. The Kier molecular flexibility index (Phi) is 4.95. The molecule has 1 amide bonds. The highest BCUT2D eigenvalue weighted by atomic mass is 32.2. The Balaban J connectivity index is 2.96. The molecule has 0 aliphatic rings. The van der Waals surface area contributed by atoms with Gasteiger partial charge < -0.3 is 14.8 Å². The Morgan fingerprint density at radius 1 is 1.45 bits per heavy atom. The van der Waals surface area contributed by atoms with Crippen molar-refractivity contribution in [3.05, 3.63) is 17.9 Å². The van der Waals surface area contributed by atoms with Crippen LogP contribution in [0.3, 0.4) is 0 Å². The van der Waals surface area contributed by atoms with E-state index >= 15 is 0 Å². The smallest absolute Gasteiger partial charge is 0.287 e. The molecule has 0 spiro atoms. The lowest BCUT2D eigenvalue weighted by Gasteiger charge is -2.26. The number of carbonyl (C=O) groups is 1. The van der Waals surface area contributed by atoms with E-state index in [0.717, 1.165) is 4.31 Å². The molecule has 0 aliphatic carbocycles. The van der Waals surface area contributed by atoms with E-state index in [9.17, 15) is 18.3 Å². The molecule has 7 nitrogen and oxygen atoms in total. The molecule has 2 N–H and O–H groups in total. The summed E-state index contributed by atoms with van der Waals surface area (Å²) in [5, 5.41) is 11.6. The molecule has 0 aliphatic heterocycles. The van der Waals surface area contributed by atoms with Gasteiger partial charge in [0.1, 0.15) is 0 Å². The van der Waals surface area contributed by atoms with Gasteiger partial charge in [0.2, 0.25) is 5.09 Å². The van der Waals surface area contributed by atoms with Crippen LogP contribution in [0.4, 0.5) is 0 Å². The van der Waals surface area contributed by atoms with Gasteiger partial charge in [-0.1, -0.05) is 6.92 Å². The Labute approximate surface area is 118 Å². The van der Waals surface area contributed by atoms with Gasteiger partial charge in [-0.15, -0.1) is 0 Å². The van der Waals surface area contributed by atoms with E-state index in [1.54, 1.807) is 6.92 Å². The van der Waals surface area contributed by atoms with Gasteiger partial charge in [0.25, 0.3) is 15.9 Å². The molecule has 0 fully saturated rings. The average Bonchev–Trinajstić information content (AvgIpc) is 2.88. The summed E-state index contributed by atoms with van der Waals surface area (Å²) in [6, 6.07) is 2.52. The van der Waals surface area contributed by atoms with Crippen LogP contribution in [0, 0.1) is 0 Å². The largest absolute Gasteiger partial charge is 0.438 e. The minimum atomic E-state index is -3.71. The molecule has 1 rings (SSSR count). The minimum absolute atomic E-state index is 0.112. The molecule has 1 heterocycles. The highest BCUT2D eigenvalue weighted by Gasteiger charge is 2.27.